The van der Waals surface area contributed by atoms with Gasteiger partial charge in [-0.05, 0) is 43.1 Å². The Labute approximate surface area is 86.6 Å². The summed E-state index contributed by atoms with van der Waals surface area (Å²) in [7, 11) is 0. The van der Waals surface area contributed by atoms with Crippen LogP contribution in [0.5, 0.6) is 0 Å². The zero-order chi connectivity index (χ0) is 9.76. The predicted molar refractivity (Wildman–Crippen MR) is 55.0 cm³/mol. The molecule has 0 amide bonds. The first kappa shape index (κ1) is 8.48. The summed E-state index contributed by atoms with van der Waals surface area (Å²) in [6.07, 6.45) is 6.04. The van der Waals surface area contributed by atoms with Crippen molar-refractivity contribution in [1.82, 2.24) is 0 Å². The molecule has 0 unspecified atom stereocenters. The molecule has 0 saturated heterocycles. The first-order chi connectivity index (χ1) is 6.70. The Morgan fingerprint density at radius 3 is 2.86 bits per heavy atom. The van der Waals surface area contributed by atoms with E-state index >= 15 is 0 Å². The second kappa shape index (κ2) is 2.60. The fraction of sp³-hybridized carbons (Fsp3) is 0.545. The number of carbonyl (C=O) groups is 1. The Bertz CT molecular complexity index is 401. The molecular formula is C11H12O2S. The van der Waals surface area contributed by atoms with Crippen molar-refractivity contribution in [3.05, 3.63) is 21.4 Å². The van der Waals surface area contributed by atoms with Crippen molar-refractivity contribution in [3.63, 3.8) is 0 Å². The molecule has 1 aromatic heterocycles. The van der Waals surface area contributed by atoms with Crippen molar-refractivity contribution in [2.24, 2.45) is 5.41 Å². The molecule has 1 heterocycles. The van der Waals surface area contributed by atoms with Crippen molar-refractivity contribution in [3.8, 4) is 0 Å². The van der Waals surface area contributed by atoms with E-state index in [2.05, 4.69) is 0 Å². The predicted octanol–water partition coefficient (Wildman–Crippen LogP) is 2.72. The molecule has 3 heteroatoms. The van der Waals surface area contributed by atoms with Crippen molar-refractivity contribution in [2.75, 3.05) is 0 Å². The lowest BCUT2D eigenvalue weighted by atomic mass is 9.85. The lowest BCUT2D eigenvalue weighted by molar-refractivity contribution is 0.0696. The van der Waals surface area contributed by atoms with Crippen LogP contribution in [-0.4, -0.2) is 11.1 Å². The maximum atomic E-state index is 10.9. The van der Waals surface area contributed by atoms with E-state index in [1.54, 1.807) is 11.3 Å². The summed E-state index contributed by atoms with van der Waals surface area (Å²) < 4.78 is 0. The Morgan fingerprint density at radius 1 is 1.43 bits per heavy atom. The Hall–Kier alpha value is -0.830. The van der Waals surface area contributed by atoms with Gasteiger partial charge >= 0.3 is 5.97 Å². The van der Waals surface area contributed by atoms with E-state index in [9.17, 15) is 4.79 Å². The maximum absolute atomic E-state index is 10.9. The summed E-state index contributed by atoms with van der Waals surface area (Å²) in [5.74, 6) is -0.755. The third-order valence-corrected chi connectivity index (χ3v) is 4.64. The molecule has 0 bridgehead atoms. The molecule has 1 spiro atoms. The van der Waals surface area contributed by atoms with E-state index in [1.807, 2.05) is 5.38 Å². The molecule has 2 nitrogen and oxygen atoms in total. The number of rotatable bonds is 1. The van der Waals surface area contributed by atoms with Gasteiger partial charge in [-0.25, -0.2) is 4.79 Å². The second-order valence-corrected chi connectivity index (χ2v) is 5.50. The molecular weight excluding hydrogens is 196 g/mol. The van der Waals surface area contributed by atoms with E-state index in [4.69, 9.17) is 5.11 Å². The highest BCUT2D eigenvalue weighted by Crippen LogP contribution is 2.55. The molecule has 74 valence electrons. The Kier molecular flexibility index (Phi) is 1.57. The molecule has 3 rings (SSSR count). The topological polar surface area (TPSA) is 37.3 Å². The number of carboxylic acids is 1. The molecule has 0 aromatic carbocycles. The lowest BCUT2D eigenvalue weighted by Gasteiger charge is -2.21. The number of thiophene rings is 1. The molecule has 2 aliphatic rings. The van der Waals surface area contributed by atoms with Crippen molar-refractivity contribution < 1.29 is 9.90 Å². The van der Waals surface area contributed by atoms with E-state index in [0.29, 0.717) is 11.0 Å². The summed E-state index contributed by atoms with van der Waals surface area (Å²) in [5.41, 5.74) is 2.27. The van der Waals surface area contributed by atoms with E-state index in [1.165, 1.54) is 24.1 Å². The monoisotopic (exact) mass is 208 g/mol. The average Bonchev–Trinajstić information content (AvgIpc) is 2.77. The van der Waals surface area contributed by atoms with Crippen molar-refractivity contribution in [1.29, 1.82) is 0 Å². The minimum atomic E-state index is -0.755. The van der Waals surface area contributed by atoms with E-state index < -0.39 is 5.97 Å². The summed E-state index contributed by atoms with van der Waals surface area (Å²) >= 11 is 1.64. The van der Waals surface area contributed by atoms with Gasteiger partial charge in [-0.3, -0.25) is 0 Å². The van der Waals surface area contributed by atoms with Crippen LogP contribution in [0.3, 0.4) is 0 Å². The fourth-order valence-corrected chi connectivity index (χ4v) is 3.69. The highest BCUT2D eigenvalue weighted by molar-refractivity contribution is 7.10. The number of carboxylic acid groups (broad SMARTS) is 1. The zero-order valence-electron chi connectivity index (χ0n) is 7.88. The zero-order valence-corrected chi connectivity index (χ0v) is 8.69. The van der Waals surface area contributed by atoms with Gasteiger partial charge in [0.2, 0.25) is 0 Å². The largest absolute Gasteiger partial charge is 0.478 e. The molecule has 0 radical (unpaired) electrons. The van der Waals surface area contributed by atoms with Gasteiger partial charge in [0.25, 0.3) is 0 Å². The Balaban J connectivity index is 2.00. The maximum Gasteiger partial charge on any atom is 0.336 e. The second-order valence-electron chi connectivity index (χ2n) is 4.53. The SMILES string of the molecule is O=C(O)c1csc2c1CCC1(CC1)C2. The molecule has 1 N–H and O–H groups in total. The molecule has 14 heavy (non-hydrogen) atoms. The first-order valence-electron chi connectivity index (χ1n) is 5.03. The summed E-state index contributed by atoms with van der Waals surface area (Å²) in [5, 5.41) is 10.8. The molecule has 0 atom stereocenters. The van der Waals surface area contributed by atoms with E-state index in [-0.39, 0.29) is 0 Å². The summed E-state index contributed by atoms with van der Waals surface area (Å²) in [6, 6.07) is 0. The highest BCUT2D eigenvalue weighted by atomic mass is 32.1. The summed E-state index contributed by atoms with van der Waals surface area (Å²) in [4.78, 5) is 12.3. The average molecular weight is 208 g/mol. The minimum absolute atomic E-state index is 0.556. The molecule has 1 aromatic rings. The minimum Gasteiger partial charge on any atom is -0.478 e. The van der Waals surface area contributed by atoms with Gasteiger partial charge in [0.1, 0.15) is 0 Å². The van der Waals surface area contributed by atoms with Crippen LogP contribution in [0.25, 0.3) is 0 Å². The van der Waals surface area contributed by atoms with Gasteiger partial charge in [-0.2, -0.15) is 0 Å². The van der Waals surface area contributed by atoms with Crippen LogP contribution in [0, 0.1) is 5.41 Å². The van der Waals surface area contributed by atoms with Gasteiger partial charge in [0.05, 0.1) is 5.56 Å². The number of aromatic carboxylic acids is 1. The fourth-order valence-electron chi connectivity index (χ4n) is 2.45. The standard InChI is InChI=1S/C11H12O2S/c12-10(13)8-6-14-9-5-11(3-4-11)2-1-7(8)9/h6H,1-5H2,(H,12,13). The molecule has 1 saturated carbocycles. The number of fused-ring (bicyclic) bond motifs is 1. The third-order valence-electron chi connectivity index (χ3n) is 3.61. The number of hydrogen-bond acceptors (Lipinski definition) is 2. The van der Waals surface area contributed by atoms with Gasteiger partial charge in [-0.1, -0.05) is 0 Å². The van der Waals surface area contributed by atoms with Crippen molar-refractivity contribution >= 4 is 17.3 Å². The molecule has 0 aliphatic heterocycles. The third kappa shape index (κ3) is 1.12. The quantitative estimate of drug-likeness (QED) is 0.770. The van der Waals surface area contributed by atoms with Gasteiger partial charge in [0, 0.05) is 10.3 Å². The van der Waals surface area contributed by atoms with Crippen LogP contribution in [0.15, 0.2) is 5.38 Å². The van der Waals surface area contributed by atoms with Crippen LogP contribution in [0.2, 0.25) is 0 Å². The normalized spacial score (nSPS) is 22.0. The molecule has 2 aliphatic carbocycles. The number of hydrogen-bond donors (Lipinski definition) is 1. The van der Waals surface area contributed by atoms with E-state index in [0.717, 1.165) is 18.4 Å². The van der Waals surface area contributed by atoms with Crippen LogP contribution in [-0.2, 0) is 12.8 Å². The van der Waals surface area contributed by atoms with Gasteiger partial charge in [0.15, 0.2) is 0 Å². The van der Waals surface area contributed by atoms with Gasteiger partial charge < -0.3 is 5.11 Å². The highest BCUT2D eigenvalue weighted by Gasteiger charge is 2.45. The van der Waals surface area contributed by atoms with Crippen LogP contribution in [0.4, 0.5) is 0 Å². The lowest BCUT2D eigenvalue weighted by Crippen LogP contribution is -2.14. The Morgan fingerprint density at radius 2 is 2.21 bits per heavy atom. The summed E-state index contributed by atoms with van der Waals surface area (Å²) in [6.45, 7) is 0. The molecule has 1 fully saturated rings. The van der Waals surface area contributed by atoms with Crippen molar-refractivity contribution in [2.45, 2.75) is 32.1 Å². The van der Waals surface area contributed by atoms with Crippen LogP contribution < -0.4 is 0 Å². The van der Waals surface area contributed by atoms with Crippen LogP contribution >= 0.6 is 11.3 Å². The van der Waals surface area contributed by atoms with Crippen LogP contribution in [0.1, 0.15) is 40.1 Å². The van der Waals surface area contributed by atoms with Gasteiger partial charge in [-0.15, -0.1) is 11.3 Å². The smallest absolute Gasteiger partial charge is 0.336 e. The first-order valence-corrected chi connectivity index (χ1v) is 5.91.